The Bertz CT molecular complexity index is 735. The van der Waals surface area contributed by atoms with E-state index < -0.39 is 21.5 Å². The Morgan fingerprint density at radius 2 is 0.517 bits per heavy atom. The van der Waals surface area contributed by atoms with Crippen molar-refractivity contribution in [1.29, 1.82) is 0 Å². The summed E-state index contributed by atoms with van der Waals surface area (Å²) in [5.74, 6) is 0. The molecule has 0 radical (unpaired) electrons. The van der Waals surface area contributed by atoms with Crippen LogP contribution in [-0.4, -0.2) is 107 Å². The fourth-order valence-electron chi connectivity index (χ4n) is 8.08. The second-order valence-corrected chi connectivity index (χ2v) is 21.6. The van der Waals surface area contributed by atoms with Gasteiger partial charge in [0, 0.05) is 0 Å². The van der Waals surface area contributed by atoms with Crippen LogP contribution < -0.4 is 0 Å². The topological polar surface area (TPSA) is 83.8 Å². The lowest BCUT2D eigenvalue weighted by Gasteiger charge is -2.39. The van der Waals surface area contributed by atoms with Gasteiger partial charge >= 0.3 is 15.9 Å². The van der Waals surface area contributed by atoms with Gasteiger partial charge in [-0.15, -0.1) is 11.6 Å². The third kappa shape index (κ3) is 41.2. The second-order valence-electron chi connectivity index (χ2n) is 18.1. The van der Waals surface area contributed by atoms with Gasteiger partial charge in [-0.1, -0.05) is 160 Å². The lowest BCUT2D eigenvalue weighted by atomic mass is 10.1. The average molecular weight is 922 g/mol. The number of quaternary nitrogens is 3. The molecule has 0 aromatic heterocycles. The zero-order chi connectivity index (χ0) is 46.4. The summed E-state index contributed by atoms with van der Waals surface area (Å²) in [7, 11) is -7.33. The van der Waals surface area contributed by atoms with Crippen molar-refractivity contribution in [1.82, 2.24) is 0 Å². The maximum Gasteiger partial charge on any atom is 0.349 e. The number of nitrogens with zero attached hydrogens (tertiary/aromatic N) is 3. The number of halogens is 1. The molecule has 0 fully saturated rings. The first-order valence-corrected chi connectivity index (χ1v) is 29.6. The monoisotopic (exact) mass is 921 g/mol. The predicted octanol–water partition coefficient (Wildman–Crippen LogP) is 15.8. The number of unbranched alkanes of at least 4 members (excludes halogenated alkanes) is 12. The molecule has 0 aromatic carbocycles. The molecule has 11 heteroatoms. The highest BCUT2D eigenvalue weighted by Crippen LogP contribution is 2.50. The van der Waals surface area contributed by atoms with E-state index in [4.69, 9.17) is 21.4 Å². The number of hydrogen-bond donors (Lipinski definition) is 2. The molecule has 8 nitrogen and oxygen atoms in total. The highest BCUT2D eigenvalue weighted by molar-refractivity contribution is 7.61. The van der Waals surface area contributed by atoms with E-state index in [9.17, 15) is 9.13 Å². The molecule has 0 spiro atoms. The minimum atomic E-state index is -3.98. The molecule has 0 aliphatic heterocycles. The molecule has 2 unspecified atom stereocenters. The van der Waals surface area contributed by atoms with Gasteiger partial charge in [0.05, 0.1) is 78.5 Å². The largest absolute Gasteiger partial charge is 0.349 e. The Kier molecular flexibility index (Phi) is 53.1. The lowest BCUT2D eigenvalue weighted by Crippen LogP contribution is -2.50. The molecule has 2 N–H and O–H groups in total. The van der Waals surface area contributed by atoms with Crippen molar-refractivity contribution in [3.8, 4) is 0 Å². The normalized spacial score (nSPS) is 13.3. The average Bonchev–Trinajstić information content (AvgIpc) is 3.25. The van der Waals surface area contributed by atoms with Gasteiger partial charge in [-0.3, -0.25) is 9.13 Å². The predicted molar refractivity (Wildman–Crippen MR) is 271 cm³/mol. The van der Waals surface area contributed by atoms with Crippen molar-refractivity contribution in [2.45, 2.75) is 237 Å². The molecule has 0 saturated heterocycles. The van der Waals surface area contributed by atoms with E-state index in [-0.39, 0.29) is 0 Å². The van der Waals surface area contributed by atoms with Gasteiger partial charge in [-0.2, -0.15) is 0 Å². The molecule has 0 bridgehead atoms. The molecule has 0 heterocycles. The van der Waals surface area contributed by atoms with E-state index in [0.29, 0.717) is 0 Å². The van der Waals surface area contributed by atoms with Crippen LogP contribution in [0.5, 0.6) is 0 Å². The first-order valence-electron chi connectivity index (χ1n) is 26.1. The van der Waals surface area contributed by atoms with Crippen molar-refractivity contribution in [2.75, 3.05) is 84.2 Å². The molecule has 0 amide bonds. The van der Waals surface area contributed by atoms with Crippen LogP contribution in [0.15, 0.2) is 0 Å². The number of hydrogen-bond acceptors (Lipinski definition) is 3. The summed E-state index contributed by atoms with van der Waals surface area (Å²) in [4.78, 5) is 16.3. The van der Waals surface area contributed by atoms with Crippen molar-refractivity contribution in [2.24, 2.45) is 0 Å². The standard InChI is InChI=1S/3C16H36N.CH5ClO5P2/c3*1-5-9-13-17(14-10-6-2,15-11-7-3)16-12-8-4;2-1-9(5,6)7-8(3)4/h3*5-16H2,1-4H3;8H,1H2,(H,3,4)(H,5,6)/q3*+1;. The lowest BCUT2D eigenvalue weighted by molar-refractivity contribution is -0.929. The van der Waals surface area contributed by atoms with Crippen LogP contribution in [0.25, 0.3) is 0 Å². The third-order valence-corrected chi connectivity index (χ3v) is 15.2. The van der Waals surface area contributed by atoms with Crippen molar-refractivity contribution in [3.63, 3.8) is 0 Å². The van der Waals surface area contributed by atoms with E-state index in [0.717, 1.165) is 0 Å². The first kappa shape index (κ1) is 67.1. The highest BCUT2D eigenvalue weighted by atomic mass is 35.5. The Labute approximate surface area is 384 Å². The van der Waals surface area contributed by atoms with Crippen LogP contribution >= 0.6 is 27.5 Å². The molecule has 0 rings (SSSR count). The summed E-state index contributed by atoms with van der Waals surface area (Å²) in [5, 5.41) is 0. The van der Waals surface area contributed by atoms with Crippen LogP contribution in [0.3, 0.4) is 0 Å². The summed E-state index contributed by atoms with van der Waals surface area (Å²) in [6.45, 7) is 45.1. The quantitative estimate of drug-likeness (QED) is 0.0365. The van der Waals surface area contributed by atoms with Crippen LogP contribution in [0, 0.1) is 0 Å². The summed E-state index contributed by atoms with van der Waals surface area (Å²) >= 11 is 4.87. The zero-order valence-corrected chi connectivity index (χ0v) is 45.6. The van der Waals surface area contributed by atoms with Gasteiger partial charge in [-0.25, -0.2) is 4.31 Å². The van der Waals surface area contributed by atoms with E-state index in [1.54, 1.807) is 0 Å². The zero-order valence-electron chi connectivity index (χ0n) is 42.9. The summed E-state index contributed by atoms with van der Waals surface area (Å²) in [6, 6.07) is 0. The Morgan fingerprint density at radius 1 is 0.383 bits per heavy atom. The molecular formula is C49H113ClN3O5P2+3. The fourth-order valence-corrected chi connectivity index (χ4v) is 9.69. The van der Waals surface area contributed by atoms with E-state index >= 15 is 0 Å². The van der Waals surface area contributed by atoms with Gasteiger partial charge in [0.15, 0.2) is 0 Å². The van der Waals surface area contributed by atoms with Gasteiger partial charge in [-0.05, 0) is 77.0 Å². The van der Waals surface area contributed by atoms with Gasteiger partial charge in [0.1, 0.15) is 5.62 Å². The first-order chi connectivity index (χ1) is 28.7. The molecule has 0 saturated carbocycles. The van der Waals surface area contributed by atoms with E-state index in [1.165, 1.54) is 246 Å². The second kappa shape index (κ2) is 47.5. The van der Waals surface area contributed by atoms with Crippen molar-refractivity contribution < 1.29 is 36.7 Å². The van der Waals surface area contributed by atoms with Gasteiger partial charge in [0.25, 0.3) is 0 Å². The van der Waals surface area contributed by atoms with Gasteiger partial charge in [0.2, 0.25) is 0 Å². The fraction of sp³-hybridized carbons (Fsp3) is 1.00. The molecule has 2 atom stereocenters. The molecule has 368 valence electrons. The number of rotatable bonds is 39. The van der Waals surface area contributed by atoms with Crippen molar-refractivity contribution in [3.05, 3.63) is 0 Å². The van der Waals surface area contributed by atoms with Crippen molar-refractivity contribution >= 4 is 27.5 Å². The minimum absolute atomic E-state index is 0.677. The Morgan fingerprint density at radius 3 is 0.583 bits per heavy atom. The third-order valence-electron chi connectivity index (χ3n) is 12.2. The Hall–Kier alpha value is 0.510. The van der Waals surface area contributed by atoms with Gasteiger partial charge < -0.3 is 23.2 Å². The molecule has 0 aliphatic carbocycles. The van der Waals surface area contributed by atoms with Crippen LogP contribution in [-0.2, 0) is 13.4 Å². The maximum atomic E-state index is 10.3. The van der Waals surface area contributed by atoms with Crippen LogP contribution in [0.2, 0.25) is 0 Å². The van der Waals surface area contributed by atoms with Crippen LogP contribution in [0.1, 0.15) is 237 Å². The minimum Gasteiger partial charge on any atom is -0.326 e. The SMILES string of the molecule is CCCC[N+](CCCC)(CCCC)CCCC.CCCC[N+](CCCC)(CCCC)CCCC.CCCC[N+](CCCC)(CCCC)CCCC.O=[PH](O)OP(=O)(O)CCl. The highest BCUT2D eigenvalue weighted by Gasteiger charge is 2.27. The molecule has 60 heavy (non-hydrogen) atoms. The Balaban J connectivity index is -0.000000356. The van der Waals surface area contributed by atoms with E-state index in [1.807, 2.05) is 0 Å². The molecule has 0 aromatic rings. The number of alkyl halides is 1. The maximum absolute atomic E-state index is 10.3. The summed E-state index contributed by atoms with van der Waals surface area (Å²) in [5.41, 5.74) is -0.677. The summed E-state index contributed by atoms with van der Waals surface area (Å²) < 4.78 is 27.9. The van der Waals surface area contributed by atoms with Crippen LogP contribution in [0.4, 0.5) is 0 Å². The smallest absolute Gasteiger partial charge is 0.326 e. The molecular weight excluding hydrogens is 808 g/mol. The molecule has 0 aliphatic rings. The van der Waals surface area contributed by atoms with E-state index in [2.05, 4.69) is 87.4 Å². The summed E-state index contributed by atoms with van der Waals surface area (Å²) in [6.07, 6.45) is 33.2.